The SMILES string of the molecule is C[C@@H](Sc1nc2ccccc2[nH]1)C(=O)N1CCc2ccccc2C1. The van der Waals surface area contributed by atoms with Crippen LogP contribution in [0.15, 0.2) is 53.7 Å². The minimum Gasteiger partial charge on any atom is -0.337 e. The van der Waals surface area contributed by atoms with E-state index >= 15 is 0 Å². The number of imidazole rings is 1. The van der Waals surface area contributed by atoms with Gasteiger partial charge in [-0.15, -0.1) is 0 Å². The van der Waals surface area contributed by atoms with Crippen LogP contribution in [-0.2, 0) is 17.8 Å². The van der Waals surface area contributed by atoms with Crippen molar-refractivity contribution in [3.63, 3.8) is 0 Å². The minimum absolute atomic E-state index is 0.157. The zero-order chi connectivity index (χ0) is 16.5. The topological polar surface area (TPSA) is 49.0 Å². The third kappa shape index (κ3) is 2.91. The highest BCUT2D eigenvalue weighted by atomic mass is 32.2. The van der Waals surface area contributed by atoms with Crippen molar-refractivity contribution in [2.24, 2.45) is 0 Å². The molecule has 122 valence electrons. The molecule has 0 saturated carbocycles. The predicted molar refractivity (Wildman–Crippen MR) is 97.0 cm³/mol. The largest absolute Gasteiger partial charge is 0.337 e. The summed E-state index contributed by atoms with van der Waals surface area (Å²) in [4.78, 5) is 22.6. The molecule has 0 fully saturated rings. The number of rotatable bonds is 3. The average Bonchev–Trinajstić information content (AvgIpc) is 3.02. The third-order valence-electron chi connectivity index (χ3n) is 4.45. The number of hydrogen-bond acceptors (Lipinski definition) is 3. The molecule has 0 radical (unpaired) electrons. The van der Waals surface area contributed by atoms with Gasteiger partial charge < -0.3 is 9.88 Å². The molecule has 5 heteroatoms. The number of aromatic amines is 1. The molecule has 1 atom stereocenters. The van der Waals surface area contributed by atoms with E-state index < -0.39 is 0 Å². The lowest BCUT2D eigenvalue weighted by Gasteiger charge is -2.30. The molecule has 24 heavy (non-hydrogen) atoms. The van der Waals surface area contributed by atoms with E-state index in [1.165, 1.54) is 22.9 Å². The Kier molecular flexibility index (Phi) is 4.02. The van der Waals surface area contributed by atoms with Crippen molar-refractivity contribution in [2.75, 3.05) is 6.54 Å². The number of amides is 1. The van der Waals surface area contributed by atoms with Crippen LogP contribution in [0, 0.1) is 0 Å². The van der Waals surface area contributed by atoms with Crippen LogP contribution >= 0.6 is 11.8 Å². The molecule has 1 aliphatic heterocycles. The fourth-order valence-electron chi connectivity index (χ4n) is 3.14. The van der Waals surface area contributed by atoms with Crippen LogP contribution in [0.2, 0.25) is 0 Å². The standard InChI is InChI=1S/C19H19N3OS/c1-13(24-19-20-16-8-4-5-9-17(16)21-19)18(23)22-11-10-14-6-2-3-7-15(14)12-22/h2-9,13H,10-12H2,1H3,(H,20,21)/t13-/m1/s1. The van der Waals surface area contributed by atoms with Crippen molar-refractivity contribution < 1.29 is 4.79 Å². The van der Waals surface area contributed by atoms with E-state index in [9.17, 15) is 4.79 Å². The lowest BCUT2D eigenvalue weighted by atomic mass is 10.00. The first-order chi connectivity index (χ1) is 11.7. The third-order valence-corrected chi connectivity index (χ3v) is 5.42. The second-order valence-corrected chi connectivity index (χ2v) is 7.43. The quantitative estimate of drug-likeness (QED) is 0.743. The van der Waals surface area contributed by atoms with E-state index in [1.54, 1.807) is 0 Å². The molecule has 1 aromatic heterocycles. The number of carbonyl (C=O) groups excluding carboxylic acids is 1. The molecule has 4 rings (SSSR count). The summed E-state index contributed by atoms with van der Waals surface area (Å²) in [6.45, 7) is 3.46. The number of H-pyrrole nitrogens is 1. The van der Waals surface area contributed by atoms with Gasteiger partial charge in [-0.3, -0.25) is 4.79 Å². The fraction of sp³-hybridized carbons (Fsp3) is 0.263. The number of hydrogen-bond donors (Lipinski definition) is 1. The zero-order valence-electron chi connectivity index (χ0n) is 13.5. The summed E-state index contributed by atoms with van der Waals surface area (Å²) >= 11 is 1.49. The Hall–Kier alpha value is -2.27. The van der Waals surface area contributed by atoms with Gasteiger partial charge in [0.25, 0.3) is 0 Å². The molecule has 0 spiro atoms. The molecule has 3 aromatic rings. The number of aromatic nitrogens is 2. The summed E-state index contributed by atoms with van der Waals surface area (Å²) in [5, 5.41) is 0.644. The van der Waals surface area contributed by atoms with E-state index in [4.69, 9.17) is 0 Å². The van der Waals surface area contributed by atoms with Gasteiger partial charge in [-0.25, -0.2) is 4.98 Å². The Bertz CT molecular complexity index is 856. The number of nitrogens with one attached hydrogen (secondary N) is 1. The van der Waals surface area contributed by atoms with Crippen LogP contribution in [0.1, 0.15) is 18.1 Å². The molecular weight excluding hydrogens is 318 g/mol. The first kappa shape index (κ1) is 15.3. The number of fused-ring (bicyclic) bond motifs is 2. The molecular formula is C19H19N3OS. The average molecular weight is 337 g/mol. The monoisotopic (exact) mass is 337 g/mol. The highest BCUT2D eigenvalue weighted by molar-refractivity contribution is 8.00. The van der Waals surface area contributed by atoms with Crippen LogP contribution < -0.4 is 0 Å². The summed E-state index contributed by atoms with van der Waals surface area (Å²) in [5.41, 5.74) is 4.57. The molecule has 0 bridgehead atoms. The second-order valence-electron chi connectivity index (χ2n) is 6.10. The Morgan fingerprint density at radius 1 is 1.17 bits per heavy atom. The maximum Gasteiger partial charge on any atom is 0.236 e. The van der Waals surface area contributed by atoms with Gasteiger partial charge in [0.05, 0.1) is 16.3 Å². The number of para-hydroxylation sites is 2. The van der Waals surface area contributed by atoms with Crippen molar-refractivity contribution in [1.82, 2.24) is 14.9 Å². The van der Waals surface area contributed by atoms with Gasteiger partial charge >= 0.3 is 0 Å². The van der Waals surface area contributed by atoms with Crippen molar-refractivity contribution in [3.8, 4) is 0 Å². The van der Waals surface area contributed by atoms with Gasteiger partial charge in [-0.2, -0.15) is 0 Å². The summed E-state index contributed by atoms with van der Waals surface area (Å²) in [5.74, 6) is 0.176. The fourth-order valence-corrected chi connectivity index (χ4v) is 4.05. The van der Waals surface area contributed by atoms with Crippen LogP contribution in [-0.4, -0.2) is 32.6 Å². The Morgan fingerprint density at radius 3 is 2.75 bits per heavy atom. The lowest BCUT2D eigenvalue weighted by Crippen LogP contribution is -2.40. The Morgan fingerprint density at radius 2 is 1.92 bits per heavy atom. The summed E-state index contributed by atoms with van der Waals surface area (Å²) < 4.78 is 0. The van der Waals surface area contributed by atoms with Crippen molar-refractivity contribution >= 4 is 28.7 Å². The van der Waals surface area contributed by atoms with Crippen molar-refractivity contribution in [3.05, 3.63) is 59.7 Å². The lowest BCUT2D eigenvalue weighted by molar-refractivity contribution is -0.131. The molecule has 1 aliphatic rings. The van der Waals surface area contributed by atoms with Gasteiger partial charge in [0.15, 0.2) is 5.16 Å². The van der Waals surface area contributed by atoms with Gasteiger partial charge in [-0.1, -0.05) is 48.2 Å². The van der Waals surface area contributed by atoms with Gasteiger partial charge in [0.1, 0.15) is 0 Å². The molecule has 2 aromatic carbocycles. The molecule has 1 N–H and O–H groups in total. The predicted octanol–water partition coefficient (Wildman–Crippen LogP) is 3.63. The van der Waals surface area contributed by atoms with E-state index in [1.807, 2.05) is 42.2 Å². The van der Waals surface area contributed by atoms with Crippen LogP contribution in [0.5, 0.6) is 0 Å². The number of carbonyl (C=O) groups is 1. The molecule has 1 amide bonds. The van der Waals surface area contributed by atoms with Crippen LogP contribution in [0.3, 0.4) is 0 Å². The van der Waals surface area contributed by atoms with Crippen molar-refractivity contribution in [2.45, 2.75) is 30.3 Å². The molecule has 0 aliphatic carbocycles. The Balaban J connectivity index is 1.46. The molecule has 4 nitrogen and oxygen atoms in total. The maximum atomic E-state index is 12.8. The van der Waals surface area contributed by atoms with Crippen LogP contribution in [0.25, 0.3) is 11.0 Å². The molecule has 0 unspecified atom stereocenters. The van der Waals surface area contributed by atoms with Gasteiger partial charge in [-0.05, 0) is 36.6 Å². The van der Waals surface area contributed by atoms with E-state index in [0.29, 0.717) is 6.54 Å². The van der Waals surface area contributed by atoms with E-state index in [2.05, 4.69) is 28.2 Å². The number of nitrogens with zero attached hydrogens (tertiary/aromatic N) is 2. The maximum absolute atomic E-state index is 12.8. The smallest absolute Gasteiger partial charge is 0.236 e. The first-order valence-electron chi connectivity index (χ1n) is 8.18. The van der Waals surface area contributed by atoms with Gasteiger partial charge in [0, 0.05) is 13.1 Å². The number of thioether (sulfide) groups is 1. The number of benzene rings is 2. The van der Waals surface area contributed by atoms with Gasteiger partial charge in [0.2, 0.25) is 5.91 Å². The first-order valence-corrected chi connectivity index (χ1v) is 9.05. The Labute approximate surface area is 145 Å². The summed E-state index contributed by atoms with van der Waals surface area (Å²) in [6.07, 6.45) is 0.934. The second kappa shape index (κ2) is 6.32. The van der Waals surface area contributed by atoms with E-state index in [0.717, 1.165) is 29.2 Å². The minimum atomic E-state index is -0.157. The highest BCUT2D eigenvalue weighted by Crippen LogP contribution is 2.26. The van der Waals surface area contributed by atoms with Crippen LogP contribution in [0.4, 0.5) is 0 Å². The molecule has 0 saturated heterocycles. The normalized spacial score (nSPS) is 15.3. The molecule has 2 heterocycles. The zero-order valence-corrected chi connectivity index (χ0v) is 14.3. The van der Waals surface area contributed by atoms with E-state index in [-0.39, 0.29) is 11.2 Å². The highest BCUT2D eigenvalue weighted by Gasteiger charge is 2.25. The summed E-state index contributed by atoms with van der Waals surface area (Å²) in [7, 11) is 0. The van der Waals surface area contributed by atoms with Crippen molar-refractivity contribution in [1.29, 1.82) is 0 Å². The summed E-state index contributed by atoms with van der Waals surface area (Å²) in [6, 6.07) is 16.3.